The van der Waals surface area contributed by atoms with E-state index in [2.05, 4.69) is 28.2 Å². The lowest BCUT2D eigenvalue weighted by Gasteiger charge is -2.12. The van der Waals surface area contributed by atoms with E-state index in [4.69, 9.17) is 5.73 Å². The summed E-state index contributed by atoms with van der Waals surface area (Å²) in [6, 6.07) is 3.76. The van der Waals surface area contributed by atoms with Gasteiger partial charge in [0.15, 0.2) is 0 Å². The molecule has 4 heteroatoms. The van der Waals surface area contributed by atoms with E-state index in [0.29, 0.717) is 12.1 Å². The number of carbonyl (C=O) groups is 1. The maximum absolute atomic E-state index is 11.9. The molecule has 1 rings (SSSR count). The molecule has 1 amide bonds. The molecule has 0 saturated heterocycles. The Hall–Kier alpha value is -1.03. The van der Waals surface area contributed by atoms with Crippen LogP contribution in [0.2, 0.25) is 0 Å². The predicted molar refractivity (Wildman–Crippen MR) is 85.3 cm³/mol. The highest BCUT2D eigenvalue weighted by Gasteiger charge is 2.08. The van der Waals surface area contributed by atoms with Gasteiger partial charge in [-0.05, 0) is 31.0 Å². The van der Waals surface area contributed by atoms with E-state index in [-0.39, 0.29) is 5.91 Å². The summed E-state index contributed by atoms with van der Waals surface area (Å²) in [5.41, 5.74) is 8.24. The standard InChI is InChI=1S/C15H23BrN2O/c1-3-4-5-6-7-8-14(19)18-15-11(2)9-12(16)10-13(15)17/h9-10H,3-8,17H2,1-2H3,(H,18,19). The van der Waals surface area contributed by atoms with Gasteiger partial charge in [0.2, 0.25) is 5.91 Å². The van der Waals surface area contributed by atoms with Crippen LogP contribution in [0.4, 0.5) is 11.4 Å². The zero-order valence-corrected chi connectivity index (χ0v) is 13.3. The van der Waals surface area contributed by atoms with Crippen molar-refractivity contribution in [3.8, 4) is 0 Å². The van der Waals surface area contributed by atoms with Gasteiger partial charge in [-0.2, -0.15) is 0 Å². The molecule has 0 saturated carbocycles. The molecule has 3 N–H and O–H groups in total. The topological polar surface area (TPSA) is 55.1 Å². The maximum Gasteiger partial charge on any atom is 0.224 e. The van der Waals surface area contributed by atoms with E-state index in [1.807, 2.05) is 19.1 Å². The second-order valence-corrected chi connectivity index (χ2v) is 5.81. The Balaban J connectivity index is 2.44. The summed E-state index contributed by atoms with van der Waals surface area (Å²) in [4.78, 5) is 11.9. The minimum absolute atomic E-state index is 0.0496. The number of benzene rings is 1. The molecule has 1 aromatic rings. The number of nitrogen functional groups attached to an aromatic ring is 1. The Bertz CT molecular complexity index is 409. The number of amides is 1. The van der Waals surface area contributed by atoms with Crippen LogP contribution in [-0.2, 0) is 4.79 Å². The van der Waals surface area contributed by atoms with Gasteiger partial charge in [0.25, 0.3) is 0 Å². The molecule has 0 aliphatic carbocycles. The Morgan fingerprint density at radius 3 is 2.58 bits per heavy atom. The quantitative estimate of drug-likeness (QED) is 0.566. The smallest absolute Gasteiger partial charge is 0.224 e. The van der Waals surface area contributed by atoms with Crippen molar-refractivity contribution in [1.29, 1.82) is 0 Å². The van der Waals surface area contributed by atoms with Gasteiger partial charge in [-0.25, -0.2) is 0 Å². The number of halogens is 1. The van der Waals surface area contributed by atoms with Crippen LogP contribution in [0, 0.1) is 6.92 Å². The lowest BCUT2D eigenvalue weighted by atomic mass is 10.1. The number of unbranched alkanes of at least 4 members (excludes halogenated alkanes) is 4. The van der Waals surface area contributed by atoms with E-state index >= 15 is 0 Å². The molecule has 106 valence electrons. The van der Waals surface area contributed by atoms with Crippen LogP contribution in [0.15, 0.2) is 16.6 Å². The molecule has 0 aliphatic heterocycles. The van der Waals surface area contributed by atoms with Gasteiger partial charge in [-0.3, -0.25) is 4.79 Å². The molecule has 0 fully saturated rings. The number of hydrogen-bond acceptors (Lipinski definition) is 2. The van der Waals surface area contributed by atoms with Crippen molar-refractivity contribution in [2.45, 2.75) is 52.4 Å². The van der Waals surface area contributed by atoms with E-state index < -0.39 is 0 Å². The third kappa shape index (κ3) is 5.64. The first-order chi connectivity index (χ1) is 9.04. The summed E-state index contributed by atoms with van der Waals surface area (Å²) in [6.45, 7) is 4.13. The van der Waals surface area contributed by atoms with Crippen molar-refractivity contribution in [2.75, 3.05) is 11.1 Å². The van der Waals surface area contributed by atoms with Crippen molar-refractivity contribution in [3.63, 3.8) is 0 Å². The first-order valence-electron chi connectivity index (χ1n) is 6.90. The number of carbonyl (C=O) groups excluding carboxylic acids is 1. The van der Waals surface area contributed by atoms with Crippen molar-refractivity contribution in [3.05, 3.63) is 22.2 Å². The van der Waals surface area contributed by atoms with E-state index in [9.17, 15) is 4.79 Å². The fraction of sp³-hybridized carbons (Fsp3) is 0.533. The molecular formula is C15H23BrN2O. The summed E-state index contributed by atoms with van der Waals surface area (Å²) >= 11 is 3.39. The van der Waals surface area contributed by atoms with Gasteiger partial charge in [-0.1, -0.05) is 48.5 Å². The van der Waals surface area contributed by atoms with Crippen molar-refractivity contribution >= 4 is 33.2 Å². The molecule has 0 aliphatic rings. The summed E-state index contributed by atoms with van der Waals surface area (Å²) < 4.78 is 0.931. The van der Waals surface area contributed by atoms with Crippen LogP contribution in [0.3, 0.4) is 0 Å². The van der Waals surface area contributed by atoms with E-state index in [1.54, 1.807) is 0 Å². The van der Waals surface area contributed by atoms with Crippen molar-refractivity contribution in [2.24, 2.45) is 0 Å². The van der Waals surface area contributed by atoms with E-state index in [1.165, 1.54) is 19.3 Å². The van der Waals surface area contributed by atoms with E-state index in [0.717, 1.165) is 28.6 Å². The summed E-state index contributed by atoms with van der Waals surface area (Å²) in [6.07, 6.45) is 6.32. The van der Waals surface area contributed by atoms with Crippen LogP contribution in [0.5, 0.6) is 0 Å². The van der Waals surface area contributed by atoms with Gasteiger partial charge < -0.3 is 11.1 Å². The molecule has 0 bridgehead atoms. The molecule has 0 spiro atoms. The van der Waals surface area contributed by atoms with Crippen molar-refractivity contribution < 1.29 is 4.79 Å². The fourth-order valence-electron chi connectivity index (χ4n) is 2.03. The van der Waals surface area contributed by atoms with Gasteiger partial charge in [0.05, 0.1) is 11.4 Å². The van der Waals surface area contributed by atoms with Gasteiger partial charge in [-0.15, -0.1) is 0 Å². The third-order valence-electron chi connectivity index (χ3n) is 3.10. The second kappa shape index (κ2) is 8.20. The number of nitrogens with two attached hydrogens (primary N) is 1. The Labute approximate surface area is 124 Å². The zero-order valence-electron chi connectivity index (χ0n) is 11.8. The number of aryl methyl sites for hydroxylation is 1. The molecule has 1 aromatic carbocycles. The summed E-state index contributed by atoms with van der Waals surface area (Å²) in [5, 5.41) is 2.91. The Morgan fingerprint density at radius 1 is 1.26 bits per heavy atom. The van der Waals surface area contributed by atoms with Crippen LogP contribution in [-0.4, -0.2) is 5.91 Å². The highest BCUT2D eigenvalue weighted by atomic mass is 79.9. The van der Waals surface area contributed by atoms with Crippen LogP contribution in [0.25, 0.3) is 0 Å². The Morgan fingerprint density at radius 2 is 1.95 bits per heavy atom. The number of hydrogen-bond donors (Lipinski definition) is 2. The Kier molecular flexibility index (Phi) is 6.92. The average Bonchev–Trinajstić information content (AvgIpc) is 2.33. The minimum Gasteiger partial charge on any atom is -0.397 e. The normalized spacial score (nSPS) is 10.5. The molecule has 19 heavy (non-hydrogen) atoms. The van der Waals surface area contributed by atoms with Gasteiger partial charge in [0.1, 0.15) is 0 Å². The minimum atomic E-state index is 0.0496. The van der Waals surface area contributed by atoms with Crippen LogP contribution in [0.1, 0.15) is 51.0 Å². The second-order valence-electron chi connectivity index (χ2n) is 4.90. The highest BCUT2D eigenvalue weighted by Crippen LogP contribution is 2.27. The third-order valence-corrected chi connectivity index (χ3v) is 3.56. The van der Waals surface area contributed by atoms with Crippen LogP contribution >= 0.6 is 15.9 Å². The summed E-state index contributed by atoms with van der Waals surface area (Å²) in [5.74, 6) is 0.0496. The molecule has 0 radical (unpaired) electrons. The number of nitrogens with one attached hydrogen (secondary N) is 1. The van der Waals surface area contributed by atoms with Crippen molar-refractivity contribution in [1.82, 2.24) is 0 Å². The summed E-state index contributed by atoms with van der Waals surface area (Å²) in [7, 11) is 0. The predicted octanol–water partition coefficient (Wildman–Crippen LogP) is 4.64. The SMILES string of the molecule is CCCCCCCC(=O)Nc1c(C)cc(Br)cc1N. The monoisotopic (exact) mass is 326 g/mol. The molecule has 0 unspecified atom stereocenters. The lowest BCUT2D eigenvalue weighted by Crippen LogP contribution is -2.13. The molecule has 0 heterocycles. The first kappa shape index (κ1) is 16.0. The lowest BCUT2D eigenvalue weighted by molar-refractivity contribution is -0.116. The largest absolute Gasteiger partial charge is 0.397 e. The van der Waals surface area contributed by atoms with Gasteiger partial charge in [0, 0.05) is 10.9 Å². The van der Waals surface area contributed by atoms with Gasteiger partial charge >= 0.3 is 0 Å². The average molecular weight is 327 g/mol. The first-order valence-corrected chi connectivity index (χ1v) is 7.69. The maximum atomic E-state index is 11.9. The molecular weight excluding hydrogens is 304 g/mol. The van der Waals surface area contributed by atoms with Crippen LogP contribution < -0.4 is 11.1 Å². The molecule has 3 nitrogen and oxygen atoms in total. The zero-order chi connectivity index (χ0) is 14.3. The number of rotatable bonds is 7. The highest BCUT2D eigenvalue weighted by molar-refractivity contribution is 9.10. The molecule has 0 aromatic heterocycles. The number of anilines is 2. The molecule has 0 atom stereocenters. The fourth-order valence-corrected chi connectivity index (χ4v) is 2.62.